The third-order valence-corrected chi connectivity index (χ3v) is 2.10. The number of hydrogen-bond donors (Lipinski definition) is 1. The van der Waals surface area contributed by atoms with Crippen LogP contribution in [0.15, 0.2) is 4.52 Å². The van der Waals surface area contributed by atoms with Crippen LogP contribution in [0.25, 0.3) is 0 Å². The van der Waals surface area contributed by atoms with Gasteiger partial charge in [-0.25, -0.2) is 0 Å². The van der Waals surface area contributed by atoms with E-state index in [1.165, 1.54) is 4.90 Å². The van der Waals surface area contributed by atoms with Crippen molar-refractivity contribution >= 4 is 5.91 Å². The Kier molecular flexibility index (Phi) is 2.20. The highest BCUT2D eigenvalue weighted by Gasteiger charge is 2.28. The predicted molar refractivity (Wildman–Crippen MR) is 45.1 cm³/mol. The molecule has 0 aromatic carbocycles. The van der Waals surface area contributed by atoms with Crippen molar-refractivity contribution in [2.24, 2.45) is 0 Å². The molecule has 0 radical (unpaired) electrons. The number of aromatic nitrogens is 2. The monoisotopic (exact) mass is 197 g/mol. The first-order valence-corrected chi connectivity index (χ1v) is 4.40. The van der Waals surface area contributed by atoms with Gasteiger partial charge in [0.05, 0.1) is 19.1 Å². The highest BCUT2D eigenvalue weighted by molar-refractivity contribution is 5.78. The number of aliphatic hydroxyl groups is 1. The van der Waals surface area contributed by atoms with Crippen LogP contribution in [0.3, 0.4) is 0 Å². The van der Waals surface area contributed by atoms with E-state index in [1.54, 1.807) is 6.92 Å². The van der Waals surface area contributed by atoms with E-state index in [0.717, 1.165) is 0 Å². The number of rotatable bonds is 2. The number of nitrogens with zero attached hydrogens (tertiary/aromatic N) is 3. The number of aryl methyl sites for hydroxylation is 1. The largest absolute Gasteiger partial charge is 0.391 e. The molecule has 6 heteroatoms. The molecule has 0 aliphatic carbocycles. The fourth-order valence-electron chi connectivity index (χ4n) is 1.48. The Hall–Kier alpha value is -1.43. The molecule has 0 bridgehead atoms. The predicted octanol–water partition coefficient (Wildman–Crippen LogP) is -0.529. The minimum Gasteiger partial charge on any atom is -0.391 e. The average Bonchev–Trinajstić information content (AvgIpc) is 2.61. The molecule has 1 fully saturated rings. The molecule has 6 nitrogen and oxygen atoms in total. The maximum Gasteiger partial charge on any atom is 0.225 e. The van der Waals surface area contributed by atoms with E-state index in [-0.39, 0.29) is 12.3 Å². The molecule has 0 spiro atoms. The van der Waals surface area contributed by atoms with Crippen LogP contribution in [0.5, 0.6) is 0 Å². The van der Waals surface area contributed by atoms with Crippen LogP contribution in [0.1, 0.15) is 18.1 Å². The highest BCUT2D eigenvalue weighted by Crippen LogP contribution is 2.13. The second kappa shape index (κ2) is 3.38. The normalized spacial score (nSPS) is 22.0. The van der Waals surface area contributed by atoms with E-state index < -0.39 is 6.10 Å². The average molecular weight is 197 g/mol. The molecule has 1 atom stereocenters. The lowest BCUT2D eigenvalue weighted by molar-refractivity contribution is -0.128. The summed E-state index contributed by atoms with van der Waals surface area (Å²) in [7, 11) is 0. The number of carbonyl (C=O) groups excluding carboxylic acids is 1. The van der Waals surface area contributed by atoms with Crippen molar-refractivity contribution in [1.29, 1.82) is 0 Å². The van der Waals surface area contributed by atoms with Crippen LogP contribution in [-0.2, 0) is 11.3 Å². The van der Waals surface area contributed by atoms with Gasteiger partial charge in [0, 0.05) is 13.5 Å². The Balaban J connectivity index is 2.01. The van der Waals surface area contributed by atoms with Gasteiger partial charge in [0.1, 0.15) is 0 Å². The van der Waals surface area contributed by atoms with Crippen molar-refractivity contribution in [2.45, 2.75) is 26.0 Å². The van der Waals surface area contributed by atoms with Gasteiger partial charge in [0.25, 0.3) is 0 Å². The fraction of sp³-hybridized carbons (Fsp3) is 0.625. The molecular weight excluding hydrogens is 186 g/mol. The summed E-state index contributed by atoms with van der Waals surface area (Å²) in [6, 6.07) is 0. The summed E-state index contributed by atoms with van der Waals surface area (Å²) < 4.78 is 4.78. The second-order valence-corrected chi connectivity index (χ2v) is 3.36. The zero-order valence-electron chi connectivity index (χ0n) is 7.80. The van der Waals surface area contributed by atoms with Crippen molar-refractivity contribution in [3.63, 3.8) is 0 Å². The summed E-state index contributed by atoms with van der Waals surface area (Å²) in [5.41, 5.74) is 0. The molecule has 1 aromatic rings. The molecule has 1 amide bonds. The number of β-amino-alcohol motifs (C(OH)–C–C–N with tert-alkyl or cyclic N) is 1. The molecular formula is C8H11N3O3. The Morgan fingerprint density at radius 2 is 2.50 bits per heavy atom. The lowest BCUT2D eigenvalue weighted by Gasteiger charge is -2.12. The molecule has 1 aliphatic heterocycles. The summed E-state index contributed by atoms with van der Waals surface area (Å²) in [4.78, 5) is 16.8. The summed E-state index contributed by atoms with van der Waals surface area (Å²) in [5.74, 6) is 0.886. The molecule has 2 heterocycles. The topological polar surface area (TPSA) is 79.5 Å². The minimum absolute atomic E-state index is 0.0695. The number of carbonyl (C=O) groups is 1. The van der Waals surface area contributed by atoms with Crippen molar-refractivity contribution < 1.29 is 14.4 Å². The van der Waals surface area contributed by atoms with Gasteiger partial charge in [-0.1, -0.05) is 5.16 Å². The summed E-state index contributed by atoms with van der Waals surface area (Å²) in [5, 5.41) is 12.9. The van der Waals surface area contributed by atoms with Crippen LogP contribution in [0.4, 0.5) is 0 Å². The highest BCUT2D eigenvalue weighted by atomic mass is 16.5. The van der Waals surface area contributed by atoms with Crippen molar-refractivity contribution in [2.75, 3.05) is 6.54 Å². The Bertz CT molecular complexity index is 349. The van der Waals surface area contributed by atoms with Gasteiger partial charge < -0.3 is 14.5 Å². The molecule has 2 rings (SSSR count). The smallest absolute Gasteiger partial charge is 0.225 e. The minimum atomic E-state index is -0.560. The summed E-state index contributed by atoms with van der Waals surface area (Å²) >= 11 is 0. The van der Waals surface area contributed by atoms with E-state index in [1.807, 2.05) is 0 Å². The van der Waals surface area contributed by atoms with Gasteiger partial charge in [-0.3, -0.25) is 4.79 Å². The quantitative estimate of drug-likeness (QED) is 0.689. The Labute approximate surface area is 80.5 Å². The van der Waals surface area contributed by atoms with Gasteiger partial charge >= 0.3 is 0 Å². The van der Waals surface area contributed by atoms with Crippen molar-refractivity contribution in [3.05, 3.63) is 11.7 Å². The molecule has 1 saturated heterocycles. The van der Waals surface area contributed by atoms with Crippen LogP contribution < -0.4 is 0 Å². The first-order valence-electron chi connectivity index (χ1n) is 4.40. The standard InChI is InChI=1S/C8H11N3O3/c1-5-9-7(10-14-5)4-11-3-6(12)2-8(11)13/h6,12H,2-4H2,1H3. The SMILES string of the molecule is Cc1nc(CN2CC(O)CC2=O)no1. The summed E-state index contributed by atoms with van der Waals surface area (Å²) in [6.45, 7) is 2.36. The fourth-order valence-corrected chi connectivity index (χ4v) is 1.48. The molecule has 1 aromatic heterocycles. The molecule has 0 saturated carbocycles. The van der Waals surface area contributed by atoms with Crippen molar-refractivity contribution in [1.82, 2.24) is 15.0 Å². The molecule has 1 N–H and O–H groups in total. The van der Waals surface area contributed by atoms with Crippen LogP contribution in [0, 0.1) is 6.92 Å². The lowest BCUT2D eigenvalue weighted by Crippen LogP contribution is -2.25. The van der Waals surface area contributed by atoms with Gasteiger partial charge in [-0.15, -0.1) is 0 Å². The summed E-state index contributed by atoms with van der Waals surface area (Å²) in [6.07, 6.45) is -0.368. The maximum absolute atomic E-state index is 11.3. The van der Waals surface area contributed by atoms with Crippen LogP contribution in [0.2, 0.25) is 0 Å². The third-order valence-electron chi connectivity index (χ3n) is 2.10. The van der Waals surface area contributed by atoms with Gasteiger partial charge in [-0.2, -0.15) is 4.98 Å². The molecule has 1 unspecified atom stereocenters. The van der Waals surface area contributed by atoms with E-state index in [2.05, 4.69) is 10.1 Å². The lowest BCUT2D eigenvalue weighted by atomic mass is 10.3. The Morgan fingerprint density at radius 3 is 3.00 bits per heavy atom. The number of likely N-dealkylation sites (tertiary alicyclic amines) is 1. The molecule has 1 aliphatic rings. The van der Waals surface area contributed by atoms with E-state index in [4.69, 9.17) is 4.52 Å². The Morgan fingerprint density at radius 1 is 1.71 bits per heavy atom. The van der Waals surface area contributed by atoms with E-state index in [9.17, 15) is 9.90 Å². The number of hydrogen-bond acceptors (Lipinski definition) is 5. The maximum atomic E-state index is 11.3. The van der Waals surface area contributed by atoms with Gasteiger partial charge in [-0.05, 0) is 0 Å². The van der Waals surface area contributed by atoms with Crippen molar-refractivity contribution in [3.8, 4) is 0 Å². The second-order valence-electron chi connectivity index (χ2n) is 3.36. The van der Waals surface area contributed by atoms with Gasteiger partial charge in [0.15, 0.2) is 5.82 Å². The third kappa shape index (κ3) is 1.74. The number of amides is 1. The number of aliphatic hydroxyl groups excluding tert-OH is 1. The van der Waals surface area contributed by atoms with Crippen LogP contribution in [-0.4, -0.2) is 38.7 Å². The molecule has 14 heavy (non-hydrogen) atoms. The van der Waals surface area contributed by atoms with Gasteiger partial charge in [0.2, 0.25) is 11.8 Å². The van der Waals surface area contributed by atoms with E-state index >= 15 is 0 Å². The zero-order chi connectivity index (χ0) is 10.1. The molecule has 76 valence electrons. The first kappa shape index (κ1) is 9.14. The zero-order valence-corrected chi connectivity index (χ0v) is 7.80. The van der Waals surface area contributed by atoms with E-state index in [0.29, 0.717) is 24.8 Å². The van der Waals surface area contributed by atoms with Crippen LogP contribution >= 0.6 is 0 Å². The first-order chi connectivity index (χ1) is 6.65.